The molecule has 9 heavy (non-hydrogen) atoms. The van der Waals surface area contributed by atoms with Crippen molar-refractivity contribution >= 4 is 9.17 Å². The molecule has 6 nitrogen and oxygen atoms in total. The number of hydrogen-bond donors (Lipinski definition) is 2. The van der Waals surface area contributed by atoms with Gasteiger partial charge in [0.1, 0.15) is 0 Å². The van der Waals surface area contributed by atoms with Crippen molar-refractivity contribution in [2.24, 2.45) is 0 Å². The molecule has 0 aliphatic rings. The van der Waals surface area contributed by atoms with Gasteiger partial charge in [0.25, 0.3) is 0 Å². The second-order valence-corrected chi connectivity index (χ2v) is 1.13. The molecular weight excluding hydrogens is 144 g/mol. The number of nitrogens with zero attached hydrogens (tertiary/aromatic N) is 2. The first-order valence-corrected chi connectivity index (χ1v) is 2.81. The van der Waals surface area contributed by atoms with Crippen LogP contribution in [0.2, 0.25) is 0 Å². The highest BCUT2D eigenvalue weighted by Crippen LogP contribution is 1.50. The molecule has 0 aliphatic heterocycles. The molecule has 0 saturated carbocycles. The summed E-state index contributed by atoms with van der Waals surface area (Å²) in [6.45, 7) is 0. The highest BCUT2D eigenvalue weighted by atomic mass is 28.3. The molecule has 0 unspecified atom stereocenters. The van der Waals surface area contributed by atoms with Crippen LogP contribution in [0.5, 0.6) is 0 Å². The molecule has 0 aromatic rings. The summed E-state index contributed by atoms with van der Waals surface area (Å²) in [4.78, 5) is 14.3. The summed E-state index contributed by atoms with van der Waals surface area (Å²) in [6.07, 6.45) is 2.31. The standard InChI is InChI=1S/C2N2O.H2O3Si/c3-1-5-2-4;1-4(2)3/h;1-2H. The summed E-state index contributed by atoms with van der Waals surface area (Å²) in [5.74, 6) is 0. The number of hydrogen-bond acceptors (Lipinski definition) is 4. The Balaban J connectivity index is 0. The fraction of sp³-hybridized carbons (Fsp3) is 0. The quantitative estimate of drug-likeness (QED) is 0.312. The van der Waals surface area contributed by atoms with E-state index >= 15 is 0 Å². The van der Waals surface area contributed by atoms with Crippen molar-refractivity contribution in [3.63, 3.8) is 0 Å². The number of rotatable bonds is 0. The Morgan fingerprint density at radius 1 is 1.33 bits per heavy atom. The van der Waals surface area contributed by atoms with Crippen molar-refractivity contribution in [3.05, 3.63) is 0 Å². The van der Waals surface area contributed by atoms with Crippen LogP contribution in [0.15, 0.2) is 0 Å². The summed E-state index contributed by atoms with van der Waals surface area (Å²) >= 11 is 0. The molecular formula is C2H2N2O4Si. The van der Waals surface area contributed by atoms with Crippen molar-refractivity contribution in [3.8, 4) is 12.5 Å². The molecule has 0 fully saturated rings. The Morgan fingerprint density at radius 3 is 1.56 bits per heavy atom. The Bertz CT molecular complexity index is 139. The van der Waals surface area contributed by atoms with Crippen molar-refractivity contribution in [2.75, 3.05) is 0 Å². The van der Waals surface area contributed by atoms with Crippen LogP contribution in [0.1, 0.15) is 0 Å². The molecule has 0 bridgehead atoms. The van der Waals surface area contributed by atoms with Gasteiger partial charge < -0.3 is 14.3 Å². The molecule has 0 rings (SSSR count). The molecule has 48 valence electrons. The van der Waals surface area contributed by atoms with E-state index in [0.717, 1.165) is 12.5 Å². The van der Waals surface area contributed by atoms with Crippen LogP contribution in [0.25, 0.3) is 0 Å². The smallest absolute Gasteiger partial charge is 0.511 e. The highest BCUT2D eigenvalue weighted by Gasteiger charge is 1.85. The molecule has 0 saturated heterocycles. The Morgan fingerprint density at radius 2 is 1.56 bits per heavy atom. The van der Waals surface area contributed by atoms with E-state index in [9.17, 15) is 0 Å². The molecule has 0 aromatic carbocycles. The first-order valence-electron chi connectivity index (χ1n) is 1.51. The van der Waals surface area contributed by atoms with Crippen LogP contribution in [-0.2, 0) is 9.20 Å². The first-order chi connectivity index (χ1) is 4.15. The highest BCUT2D eigenvalue weighted by molar-refractivity contribution is 6.22. The fourth-order valence-corrected chi connectivity index (χ4v) is 0.0204. The van der Waals surface area contributed by atoms with E-state index < -0.39 is 9.17 Å². The van der Waals surface area contributed by atoms with Gasteiger partial charge in [0, 0.05) is 0 Å². The minimum absolute atomic E-state index is 1.16. The Kier molecular flexibility index (Phi) is 11.1. The zero-order chi connectivity index (χ0) is 7.70. The monoisotopic (exact) mass is 146 g/mol. The summed E-state index contributed by atoms with van der Waals surface area (Å²) in [7, 11) is -3.13. The van der Waals surface area contributed by atoms with Crippen LogP contribution in [0.4, 0.5) is 0 Å². The van der Waals surface area contributed by atoms with E-state index in [4.69, 9.17) is 24.6 Å². The minimum atomic E-state index is -3.13. The lowest BCUT2D eigenvalue weighted by Gasteiger charge is -1.55. The van der Waals surface area contributed by atoms with Crippen molar-refractivity contribution < 1.29 is 18.8 Å². The van der Waals surface area contributed by atoms with E-state index in [2.05, 4.69) is 4.74 Å². The van der Waals surface area contributed by atoms with Crippen LogP contribution < -0.4 is 0 Å². The van der Waals surface area contributed by atoms with E-state index in [-0.39, 0.29) is 0 Å². The van der Waals surface area contributed by atoms with Gasteiger partial charge in [-0.25, -0.2) is 0 Å². The van der Waals surface area contributed by atoms with Gasteiger partial charge in [0.05, 0.1) is 0 Å². The summed E-state index contributed by atoms with van der Waals surface area (Å²) in [5, 5.41) is 14.7. The lowest BCUT2D eigenvalue weighted by Crippen LogP contribution is -1.90. The third-order valence-electron chi connectivity index (χ3n) is 0.0913. The van der Waals surface area contributed by atoms with Crippen molar-refractivity contribution in [2.45, 2.75) is 0 Å². The fourth-order valence-electron chi connectivity index (χ4n) is 0.0204. The van der Waals surface area contributed by atoms with Gasteiger partial charge in [-0.05, 0) is 0 Å². The SMILES string of the molecule is N#COC#N.O=[Si](O)O. The predicted molar refractivity (Wildman–Crippen MR) is 23.2 cm³/mol. The maximum atomic E-state index is 8.74. The first kappa shape index (κ1) is 10.4. The maximum Gasteiger partial charge on any atom is 0.761 e. The van der Waals surface area contributed by atoms with Gasteiger partial charge >= 0.3 is 21.7 Å². The van der Waals surface area contributed by atoms with Crippen molar-refractivity contribution in [1.29, 1.82) is 10.5 Å². The topological polar surface area (TPSA) is 114 Å². The molecule has 2 N–H and O–H groups in total. The third-order valence-corrected chi connectivity index (χ3v) is 0.0913. The molecule has 0 atom stereocenters. The van der Waals surface area contributed by atoms with Gasteiger partial charge in [-0.3, -0.25) is 4.46 Å². The van der Waals surface area contributed by atoms with Gasteiger partial charge in [0.2, 0.25) is 0 Å². The van der Waals surface area contributed by atoms with Crippen LogP contribution in [0, 0.1) is 23.0 Å². The van der Waals surface area contributed by atoms with Gasteiger partial charge in [-0.2, -0.15) is 0 Å². The van der Waals surface area contributed by atoms with Gasteiger partial charge in [0.15, 0.2) is 0 Å². The largest absolute Gasteiger partial charge is 0.761 e. The molecule has 0 amide bonds. The zero-order valence-corrected chi connectivity index (χ0v) is 5.11. The second-order valence-electron chi connectivity index (χ2n) is 0.567. The normalized spacial score (nSPS) is 4.67. The molecule has 0 spiro atoms. The van der Waals surface area contributed by atoms with E-state index in [1.54, 1.807) is 0 Å². The average molecular weight is 146 g/mol. The molecule has 0 aromatic heterocycles. The van der Waals surface area contributed by atoms with Crippen molar-refractivity contribution in [1.82, 2.24) is 0 Å². The second kappa shape index (κ2) is 9.64. The van der Waals surface area contributed by atoms with Crippen LogP contribution in [0.3, 0.4) is 0 Å². The Labute approximate surface area is 52.0 Å². The lowest BCUT2D eigenvalue weighted by atomic mass is 11.4. The minimum Gasteiger partial charge on any atom is -0.511 e. The van der Waals surface area contributed by atoms with E-state index in [0.29, 0.717) is 0 Å². The van der Waals surface area contributed by atoms with Gasteiger partial charge in [-0.1, -0.05) is 0 Å². The molecule has 0 aliphatic carbocycles. The van der Waals surface area contributed by atoms with E-state index in [1.807, 2.05) is 0 Å². The maximum absolute atomic E-state index is 8.74. The Hall–Kier alpha value is -1.60. The third kappa shape index (κ3) is 785. The summed E-state index contributed by atoms with van der Waals surface area (Å²) in [5.41, 5.74) is 0. The van der Waals surface area contributed by atoms with E-state index in [1.165, 1.54) is 0 Å². The average Bonchev–Trinajstić information content (AvgIpc) is 1.66. The van der Waals surface area contributed by atoms with Crippen LogP contribution >= 0.6 is 0 Å². The summed E-state index contributed by atoms with van der Waals surface area (Å²) in [6, 6.07) is 0. The van der Waals surface area contributed by atoms with Crippen LogP contribution in [-0.4, -0.2) is 18.8 Å². The lowest BCUT2D eigenvalue weighted by molar-refractivity contribution is 0.330. The molecule has 7 heteroatoms. The number of nitriles is 2. The number of ether oxygens (including phenoxy) is 1. The van der Waals surface area contributed by atoms with Gasteiger partial charge in [-0.15, -0.1) is 10.5 Å². The zero-order valence-electron chi connectivity index (χ0n) is 4.11. The summed E-state index contributed by atoms with van der Waals surface area (Å²) < 4.78 is 12.2. The predicted octanol–water partition coefficient (Wildman–Crippen LogP) is -1.65. The molecule has 0 radical (unpaired) electrons. The molecule has 0 heterocycles.